The molecule has 1 rings (SSSR count). The van der Waals surface area contributed by atoms with Gasteiger partial charge < -0.3 is 4.74 Å². The average molecular weight is 274 g/mol. The summed E-state index contributed by atoms with van der Waals surface area (Å²) < 4.78 is 43.3. The van der Waals surface area contributed by atoms with Crippen molar-refractivity contribution in [1.29, 1.82) is 0 Å². The van der Waals surface area contributed by atoms with Gasteiger partial charge in [-0.05, 0) is 19.4 Å². The van der Waals surface area contributed by atoms with Crippen molar-refractivity contribution >= 4 is 5.97 Å². The first-order valence-electron chi connectivity index (χ1n) is 6.07. The van der Waals surface area contributed by atoms with Crippen LogP contribution in [0.25, 0.3) is 0 Å². The highest BCUT2D eigenvalue weighted by Crippen LogP contribution is 2.38. The molecule has 0 spiro atoms. The van der Waals surface area contributed by atoms with Gasteiger partial charge in [0.05, 0.1) is 18.4 Å². The molecule has 0 aliphatic heterocycles. The molecule has 0 aliphatic rings. The summed E-state index contributed by atoms with van der Waals surface area (Å²) in [6.45, 7) is 4.46. The highest BCUT2D eigenvalue weighted by atomic mass is 19.4. The fraction of sp³-hybridized carbons (Fsp3) is 0.500. The highest BCUT2D eigenvalue weighted by Gasteiger charge is 2.45. The van der Waals surface area contributed by atoms with Gasteiger partial charge in [-0.15, -0.1) is 0 Å². The van der Waals surface area contributed by atoms with Crippen LogP contribution in [-0.4, -0.2) is 18.8 Å². The zero-order chi connectivity index (χ0) is 14.6. The molecule has 0 radical (unpaired) electrons. The molecule has 106 valence electrons. The van der Waals surface area contributed by atoms with E-state index in [-0.39, 0.29) is 6.61 Å². The molecule has 0 fully saturated rings. The van der Waals surface area contributed by atoms with Crippen LogP contribution in [0.15, 0.2) is 24.3 Å². The topological polar surface area (TPSA) is 26.3 Å². The van der Waals surface area contributed by atoms with Crippen molar-refractivity contribution in [2.75, 3.05) is 6.61 Å². The van der Waals surface area contributed by atoms with E-state index in [4.69, 9.17) is 4.74 Å². The van der Waals surface area contributed by atoms with E-state index >= 15 is 0 Å². The summed E-state index contributed by atoms with van der Waals surface area (Å²) in [4.78, 5) is 11.8. The van der Waals surface area contributed by atoms with E-state index in [2.05, 4.69) is 0 Å². The Kier molecular flexibility index (Phi) is 4.97. The van der Waals surface area contributed by atoms with Crippen LogP contribution in [0.3, 0.4) is 0 Å². The Morgan fingerprint density at radius 2 is 1.79 bits per heavy atom. The molecule has 0 amide bonds. The van der Waals surface area contributed by atoms with E-state index in [0.717, 1.165) is 12.5 Å². The number of ether oxygens (including phenoxy) is 1. The molecule has 1 aromatic rings. The first-order chi connectivity index (χ1) is 8.77. The number of hydrogen-bond donors (Lipinski definition) is 0. The largest absolute Gasteiger partial charge is 0.466 e. The zero-order valence-corrected chi connectivity index (χ0v) is 11.1. The van der Waals surface area contributed by atoms with Crippen molar-refractivity contribution in [2.24, 2.45) is 5.92 Å². The lowest BCUT2D eigenvalue weighted by Crippen LogP contribution is -2.32. The van der Waals surface area contributed by atoms with Crippen LogP contribution in [0, 0.1) is 12.8 Å². The second-order valence-corrected chi connectivity index (χ2v) is 4.47. The second kappa shape index (κ2) is 6.08. The van der Waals surface area contributed by atoms with Gasteiger partial charge >= 0.3 is 12.1 Å². The number of halogens is 3. The quantitative estimate of drug-likeness (QED) is 0.780. The van der Waals surface area contributed by atoms with Crippen LogP contribution in [-0.2, 0) is 9.53 Å². The van der Waals surface area contributed by atoms with Gasteiger partial charge in [-0.2, -0.15) is 13.2 Å². The van der Waals surface area contributed by atoms with Crippen molar-refractivity contribution in [1.82, 2.24) is 0 Å². The second-order valence-electron chi connectivity index (χ2n) is 4.47. The molecule has 0 heterocycles. The van der Waals surface area contributed by atoms with Crippen LogP contribution in [0.5, 0.6) is 0 Å². The third kappa shape index (κ3) is 3.98. The molecule has 0 saturated carbocycles. The van der Waals surface area contributed by atoms with E-state index in [0.29, 0.717) is 5.56 Å². The molecule has 0 N–H and O–H groups in total. The maximum absolute atomic E-state index is 12.9. The summed E-state index contributed by atoms with van der Waals surface area (Å²) in [6, 6.07) is 6.45. The maximum atomic E-state index is 12.9. The summed E-state index contributed by atoms with van der Waals surface area (Å²) in [5, 5.41) is 0. The number of rotatable bonds is 4. The van der Waals surface area contributed by atoms with Crippen molar-refractivity contribution < 1.29 is 22.7 Å². The number of esters is 1. The van der Waals surface area contributed by atoms with Crippen LogP contribution < -0.4 is 0 Å². The predicted octanol–water partition coefficient (Wildman–Crippen LogP) is 3.84. The molecule has 2 atom stereocenters. The van der Waals surface area contributed by atoms with Gasteiger partial charge in [-0.1, -0.05) is 36.8 Å². The minimum Gasteiger partial charge on any atom is -0.466 e. The molecule has 5 heteroatoms. The van der Waals surface area contributed by atoms with Gasteiger partial charge in [-0.3, -0.25) is 4.79 Å². The van der Waals surface area contributed by atoms with Gasteiger partial charge in [0, 0.05) is 0 Å². The number of alkyl halides is 3. The summed E-state index contributed by atoms with van der Waals surface area (Å²) in [6.07, 6.45) is -4.44. The summed E-state index contributed by atoms with van der Waals surface area (Å²) in [5.74, 6) is -3.94. The molecule has 0 saturated heterocycles. The smallest absolute Gasteiger partial charge is 0.392 e. The van der Waals surface area contributed by atoms with Crippen molar-refractivity contribution in [3.05, 3.63) is 35.4 Å². The van der Waals surface area contributed by atoms with Crippen LogP contribution in [0.1, 0.15) is 30.9 Å². The van der Waals surface area contributed by atoms with Crippen molar-refractivity contribution in [3.63, 3.8) is 0 Å². The first-order valence-corrected chi connectivity index (χ1v) is 6.07. The summed E-state index contributed by atoms with van der Waals surface area (Å²) >= 11 is 0. The van der Waals surface area contributed by atoms with Gasteiger partial charge in [0.2, 0.25) is 0 Å². The van der Waals surface area contributed by atoms with Crippen LogP contribution >= 0.6 is 0 Å². The SMILES string of the molecule is CCOC(=O)C(c1ccc(C)cc1)[C@@H](C)C(F)(F)F. The van der Waals surface area contributed by atoms with Crippen LogP contribution in [0.4, 0.5) is 13.2 Å². The highest BCUT2D eigenvalue weighted by molar-refractivity contribution is 5.78. The molecule has 19 heavy (non-hydrogen) atoms. The van der Waals surface area contributed by atoms with Gasteiger partial charge in [0.1, 0.15) is 0 Å². The van der Waals surface area contributed by atoms with E-state index in [9.17, 15) is 18.0 Å². The molecular formula is C14H17F3O2. The fourth-order valence-electron chi connectivity index (χ4n) is 1.82. The lowest BCUT2D eigenvalue weighted by Gasteiger charge is -2.24. The molecule has 1 aromatic carbocycles. The Hall–Kier alpha value is -1.52. The third-order valence-corrected chi connectivity index (χ3v) is 2.99. The molecule has 1 unspecified atom stereocenters. The van der Waals surface area contributed by atoms with E-state index in [1.165, 1.54) is 0 Å². The lowest BCUT2D eigenvalue weighted by atomic mass is 9.86. The standard InChI is InChI=1S/C14H17F3O2/c1-4-19-13(18)12(10(3)14(15,16)17)11-7-5-9(2)6-8-11/h5-8,10,12H,4H2,1-3H3/t10-,12?/m1/s1. The summed E-state index contributed by atoms with van der Waals surface area (Å²) in [7, 11) is 0. The van der Waals surface area contributed by atoms with Crippen molar-refractivity contribution in [3.8, 4) is 0 Å². The van der Waals surface area contributed by atoms with Crippen molar-refractivity contribution in [2.45, 2.75) is 32.9 Å². The monoisotopic (exact) mass is 274 g/mol. The Morgan fingerprint density at radius 3 is 2.21 bits per heavy atom. The number of hydrogen-bond acceptors (Lipinski definition) is 2. The molecular weight excluding hydrogens is 257 g/mol. The minimum absolute atomic E-state index is 0.0613. The van der Waals surface area contributed by atoms with E-state index < -0.39 is 24.0 Å². The third-order valence-electron chi connectivity index (χ3n) is 2.99. The Balaban J connectivity index is 3.12. The Bertz CT molecular complexity index is 423. The molecule has 0 bridgehead atoms. The molecule has 0 aliphatic carbocycles. The van der Waals surface area contributed by atoms with Crippen LogP contribution in [0.2, 0.25) is 0 Å². The summed E-state index contributed by atoms with van der Waals surface area (Å²) in [5.41, 5.74) is 1.25. The Morgan fingerprint density at radius 1 is 1.26 bits per heavy atom. The van der Waals surface area contributed by atoms with Gasteiger partial charge in [-0.25, -0.2) is 0 Å². The Labute approximate surface area is 110 Å². The fourth-order valence-corrected chi connectivity index (χ4v) is 1.82. The van der Waals surface area contributed by atoms with E-state index in [1.807, 2.05) is 6.92 Å². The molecule has 0 aromatic heterocycles. The number of carbonyl (C=O) groups is 1. The van der Waals surface area contributed by atoms with E-state index in [1.54, 1.807) is 31.2 Å². The van der Waals surface area contributed by atoms with Gasteiger partial charge in [0.25, 0.3) is 0 Å². The number of carbonyl (C=O) groups excluding carboxylic acids is 1. The minimum atomic E-state index is -4.44. The number of benzene rings is 1. The first kappa shape index (κ1) is 15.5. The zero-order valence-electron chi connectivity index (χ0n) is 11.1. The average Bonchev–Trinajstić information content (AvgIpc) is 2.31. The lowest BCUT2D eigenvalue weighted by molar-refractivity contribution is -0.185. The maximum Gasteiger partial charge on any atom is 0.392 e. The normalized spacial score (nSPS) is 14.8. The van der Waals surface area contributed by atoms with Gasteiger partial charge in [0.15, 0.2) is 0 Å². The predicted molar refractivity (Wildman–Crippen MR) is 65.8 cm³/mol. The number of aryl methyl sites for hydroxylation is 1. The molecule has 2 nitrogen and oxygen atoms in total.